The summed E-state index contributed by atoms with van der Waals surface area (Å²) < 4.78 is 9.79. The van der Waals surface area contributed by atoms with Crippen LogP contribution in [0.1, 0.15) is 177 Å². The van der Waals surface area contributed by atoms with Gasteiger partial charge in [0.1, 0.15) is 23.7 Å². The quantitative estimate of drug-likeness (QED) is 0.121. The summed E-state index contributed by atoms with van der Waals surface area (Å²) in [6.45, 7) is 9.25. The fourth-order valence-corrected chi connectivity index (χ4v) is 14.3. The number of aromatic amines is 2. The molecule has 4 heterocycles. The predicted molar refractivity (Wildman–Crippen MR) is 268 cm³/mol. The molecule has 14 rings (SSSR count). The largest absolute Gasteiger partial charge is 0.453 e. The molecule has 10 fully saturated rings. The van der Waals surface area contributed by atoms with Crippen LogP contribution in [-0.2, 0) is 19.1 Å². The summed E-state index contributed by atoms with van der Waals surface area (Å²) in [6, 6.07) is 12.3. The van der Waals surface area contributed by atoms with Crippen LogP contribution < -0.4 is 10.6 Å². The first kappa shape index (κ1) is 47.2. The first-order valence-electron chi connectivity index (χ1n) is 27.0. The van der Waals surface area contributed by atoms with E-state index in [4.69, 9.17) is 19.4 Å². The van der Waals surface area contributed by atoms with Gasteiger partial charge in [-0.05, 0) is 171 Å². The van der Waals surface area contributed by atoms with E-state index in [0.29, 0.717) is 48.6 Å². The number of nitrogens with zero attached hydrogens (tertiary/aromatic N) is 4. The molecule has 10 atom stereocenters. The van der Waals surface area contributed by atoms with Gasteiger partial charge in [0.2, 0.25) is 11.8 Å². The standard InChI is InChI=1S/C56H76N8O6/c1-31(2)47(61-53(67)69-5)51(65)63-29-55(19-20-55)27-45(63)49-57-41-17-15-37(25-43(41)59-49)39-23-33-7-11-35(39)13-9-34-8-12-36(14-10-33)40(24-34)38-16-18-42-44(26-38)60-50(58-42)46-28-56(21-22-56)30-64(46)52(66)48(32(3)4)62-54(68)70-6/h15-18,25-26,31-36,39-40,45-48H,7-14,19-24,27-30H2,1-6H3,(H,57,59)(H,58,60)(H,61,67)(H,62,68)/t33-,34-,35+,36+,39?,40?,45-,46?,47-,48-/m0/s1. The van der Waals surface area contributed by atoms with Crippen molar-refractivity contribution in [3.8, 4) is 0 Å². The number of fused-ring (bicyclic) bond motifs is 2. The fourth-order valence-electron chi connectivity index (χ4n) is 14.3. The molecule has 4 N–H and O–H groups in total. The molecule has 2 saturated heterocycles. The Bertz CT molecular complexity index is 2450. The summed E-state index contributed by atoms with van der Waals surface area (Å²) in [7, 11) is 2.67. The average molecular weight is 957 g/mol. The summed E-state index contributed by atoms with van der Waals surface area (Å²) in [5.74, 6) is 5.18. The SMILES string of the molecule is COC(=O)N[C@H](C(=O)N1CC2(CC2)CC1c1nc2ccc(C3C[C@@H]4CC[C@H]5CC[C@@H](CC[C@H]3CC4)CC5c3ccc4[nH]c([C@@H]5CC6(CC6)CN5C(=O)[C@@H](NC(=O)OC)C(C)C)nc4c3)cc2[nH]1)C(C)C. The average Bonchev–Trinajstić information content (AvgIpc) is 4.00. The first-order chi connectivity index (χ1) is 33.7. The van der Waals surface area contributed by atoms with Gasteiger partial charge in [-0.1, -0.05) is 65.5 Å². The highest BCUT2D eigenvalue weighted by Gasteiger charge is 2.56. The minimum atomic E-state index is -0.661. The number of rotatable bonds is 10. The number of amides is 4. The van der Waals surface area contributed by atoms with Crippen molar-refractivity contribution in [1.29, 1.82) is 0 Å². The van der Waals surface area contributed by atoms with Gasteiger partial charge in [-0.25, -0.2) is 19.6 Å². The molecule has 4 bridgehead atoms. The van der Waals surface area contributed by atoms with E-state index < -0.39 is 24.3 Å². The Kier molecular flexibility index (Phi) is 12.5. The van der Waals surface area contributed by atoms with Gasteiger partial charge in [0, 0.05) is 13.1 Å². The van der Waals surface area contributed by atoms with Crippen LogP contribution in [0.15, 0.2) is 36.4 Å². The van der Waals surface area contributed by atoms with Gasteiger partial charge in [0.15, 0.2) is 0 Å². The van der Waals surface area contributed by atoms with Gasteiger partial charge < -0.3 is 39.9 Å². The number of H-pyrrole nitrogens is 2. The lowest BCUT2D eigenvalue weighted by atomic mass is 9.63. The second-order valence-electron chi connectivity index (χ2n) is 24.1. The van der Waals surface area contributed by atoms with Gasteiger partial charge in [0.25, 0.3) is 0 Å². The van der Waals surface area contributed by atoms with E-state index in [0.717, 1.165) is 72.2 Å². The van der Waals surface area contributed by atoms with Crippen molar-refractivity contribution in [2.24, 2.45) is 46.3 Å². The monoisotopic (exact) mass is 957 g/mol. The Morgan fingerprint density at radius 3 is 1.50 bits per heavy atom. The normalized spacial score (nSPS) is 29.7. The van der Waals surface area contributed by atoms with Crippen molar-refractivity contribution in [2.75, 3.05) is 27.3 Å². The molecule has 2 spiro atoms. The number of benzene rings is 2. The number of aromatic nitrogens is 4. The second-order valence-corrected chi connectivity index (χ2v) is 24.1. The van der Waals surface area contributed by atoms with Crippen LogP contribution in [0, 0.1) is 46.3 Å². The predicted octanol–water partition coefficient (Wildman–Crippen LogP) is 10.6. The van der Waals surface area contributed by atoms with E-state index in [1.165, 1.54) is 89.6 Å². The molecule has 70 heavy (non-hydrogen) atoms. The number of ether oxygens (including phenoxy) is 2. The third-order valence-electron chi connectivity index (χ3n) is 18.9. The smallest absolute Gasteiger partial charge is 0.407 e. The molecule has 14 nitrogen and oxygen atoms in total. The number of carbonyl (C=O) groups excluding carboxylic acids is 4. The van der Waals surface area contributed by atoms with Crippen LogP contribution in [0.4, 0.5) is 9.59 Å². The molecule has 14 heteroatoms. The number of imidazole rings is 2. The lowest BCUT2D eigenvalue weighted by Gasteiger charge is -2.42. The fraction of sp³-hybridized carbons (Fsp3) is 0.679. The molecule has 4 aromatic rings. The molecule has 3 unspecified atom stereocenters. The maximum absolute atomic E-state index is 14.2. The van der Waals surface area contributed by atoms with Crippen molar-refractivity contribution in [3.63, 3.8) is 0 Å². The Morgan fingerprint density at radius 2 is 1.04 bits per heavy atom. The summed E-state index contributed by atoms with van der Waals surface area (Å²) >= 11 is 0. The molecule has 4 amide bonds. The zero-order valence-electron chi connectivity index (χ0n) is 42.4. The van der Waals surface area contributed by atoms with Gasteiger partial charge in [-0.15, -0.1) is 0 Å². The molecule has 2 aliphatic heterocycles. The number of nitrogens with one attached hydrogen (secondary N) is 4. The van der Waals surface area contributed by atoms with E-state index >= 15 is 0 Å². The van der Waals surface area contributed by atoms with Crippen LogP contribution >= 0.6 is 0 Å². The van der Waals surface area contributed by atoms with E-state index in [-0.39, 0.29) is 46.6 Å². The van der Waals surface area contributed by atoms with E-state index in [1.807, 2.05) is 37.5 Å². The number of likely N-dealkylation sites (tertiary alicyclic amines) is 2. The number of alkyl carbamates (subject to hydrolysis) is 2. The summed E-state index contributed by atoms with van der Waals surface area (Å²) in [6.07, 6.45) is 17.8. The van der Waals surface area contributed by atoms with Crippen LogP contribution in [0.5, 0.6) is 0 Å². The molecule has 0 radical (unpaired) electrons. The minimum Gasteiger partial charge on any atom is -0.453 e. The molecule has 10 aliphatic rings. The number of hydrogen-bond donors (Lipinski definition) is 4. The first-order valence-corrected chi connectivity index (χ1v) is 27.0. The van der Waals surface area contributed by atoms with Crippen LogP contribution in [-0.4, -0.2) is 93.1 Å². The van der Waals surface area contributed by atoms with Gasteiger partial charge in [0.05, 0.1) is 48.4 Å². The second kappa shape index (κ2) is 18.5. The molecular formula is C56H76N8O6. The van der Waals surface area contributed by atoms with Crippen molar-refractivity contribution in [1.82, 2.24) is 40.4 Å². The Labute approximate surface area is 412 Å². The number of carbonyl (C=O) groups is 4. The van der Waals surface area contributed by atoms with E-state index in [2.05, 4.69) is 57.0 Å². The van der Waals surface area contributed by atoms with Crippen LogP contribution in [0.25, 0.3) is 22.1 Å². The Morgan fingerprint density at radius 1 is 0.600 bits per heavy atom. The van der Waals surface area contributed by atoms with Crippen LogP contribution in [0.3, 0.4) is 0 Å². The molecule has 2 aromatic heterocycles. The van der Waals surface area contributed by atoms with E-state index in [9.17, 15) is 19.2 Å². The summed E-state index contributed by atoms with van der Waals surface area (Å²) in [5.41, 5.74) is 7.17. The highest BCUT2D eigenvalue weighted by atomic mass is 16.5. The third kappa shape index (κ3) is 9.07. The lowest BCUT2D eigenvalue weighted by molar-refractivity contribution is -0.136. The minimum absolute atomic E-state index is 0.0609. The van der Waals surface area contributed by atoms with Crippen molar-refractivity contribution < 1.29 is 28.7 Å². The molecular weight excluding hydrogens is 881 g/mol. The molecule has 8 aliphatic carbocycles. The highest BCUT2D eigenvalue weighted by Crippen LogP contribution is 2.60. The maximum Gasteiger partial charge on any atom is 0.407 e. The topological polar surface area (TPSA) is 175 Å². The number of methoxy groups -OCH3 is 2. The van der Waals surface area contributed by atoms with Crippen molar-refractivity contribution >= 4 is 46.1 Å². The Hall–Kier alpha value is -5.14. The zero-order valence-corrected chi connectivity index (χ0v) is 42.4. The van der Waals surface area contributed by atoms with Gasteiger partial charge in [-0.2, -0.15) is 0 Å². The molecule has 2 aromatic carbocycles. The van der Waals surface area contributed by atoms with Crippen LogP contribution in [0.2, 0.25) is 0 Å². The van der Waals surface area contributed by atoms with E-state index in [1.54, 1.807) is 0 Å². The summed E-state index contributed by atoms with van der Waals surface area (Å²) in [5, 5.41) is 5.63. The lowest BCUT2D eigenvalue weighted by Crippen LogP contribution is -2.51. The van der Waals surface area contributed by atoms with Gasteiger partial charge >= 0.3 is 12.2 Å². The molecule has 376 valence electrons. The third-order valence-corrected chi connectivity index (χ3v) is 18.9. The summed E-state index contributed by atoms with van der Waals surface area (Å²) in [4.78, 5) is 74.7. The van der Waals surface area contributed by atoms with Gasteiger partial charge in [-0.3, -0.25) is 9.59 Å². The maximum atomic E-state index is 14.2. The van der Waals surface area contributed by atoms with Crippen molar-refractivity contribution in [3.05, 3.63) is 59.2 Å². The number of hydrogen-bond acceptors (Lipinski definition) is 8. The van der Waals surface area contributed by atoms with Crippen molar-refractivity contribution in [2.45, 2.75) is 166 Å². The highest BCUT2D eigenvalue weighted by molar-refractivity contribution is 5.88. The zero-order chi connectivity index (χ0) is 48.6. The molecule has 8 saturated carbocycles. The Balaban J connectivity index is 0.791.